The summed E-state index contributed by atoms with van der Waals surface area (Å²) in [7, 11) is 0. The molecule has 1 aromatic heterocycles. The molecule has 6 aliphatic rings. The van der Waals surface area contributed by atoms with E-state index in [1.54, 1.807) is 4.90 Å². The first-order chi connectivity index (χ1) is 27.6. The fourth-order valence-electron chi connectivity index (χ4n) is 10.9. The van der Waals surface area contributed by atoms with Crippen molar-refractivity contribution in [2.24, 2.45) is 5.92 Å². The second-order valence-electron chi connectivity index (χ2n) is 17.4. The maximum absolute atomic E-state index is 13.4. The molecule has 7 heterocycles. The molecule has 3 N–H and O–H groups in total. The van der Waals surface area contributed by atoms with E-state index in [0.29, 0.717) is 42.2 Å². The maximum Gasteiger partial charge on any atom is 0.255 e. The number of nitrogens with one attached hydrogen (secondary N) is 2. The summed E-state index contributed by atoms with van der Waals surface area (Å²) in [6.07, 6.45) is 7.47. The molecule has 0 bridgehead atoms. The van der Waals surface area contributed by atoms with Crippen molar-refractivity contribution in [2.75, 3.05) is 67.5 Å². The Bertz CT molecular complexity index is 2040. The summed E-state index contributed by atoms with van der Waals surface area (Å²) >= 11 is 0. The molecule has 0 radical (unpaired) electrons. The summed E-state index contributed by atoms with van der Waals surface area (Å²) in [6, 6.07) is 14.6. The van der Waals surface area contributed by atoms with Gasteiger partial charge in [0.25, 0.3) is 5.91 Å². The Balaban J connectivity index is 0.785. The lowest BCUT2D eigenvalue weighted by molar-refractivity contribution is -0.136. The van der Waals surface area contributed by atoms with Gasteiger partial charge in [0.2, 0.25) is 11.8 Å². The summed E-state index contributed by atoms with van der Waals surface area (Å²) in [5.41, 5.74) is 6.09. The number of aromatic nitrogens is 2. The highest BCUT2D eigenvalue weighted by atomic mass is 16.3. The van der Waals surface area contributed by atoms with Crippen molar-refractivity contribution in [2.45, 2.75) is 102 Å². The molecular weight excluding hydrogens is 719 g/mol. The number of likely N-dealkylation sites (N-methyl/N-ethyl adjacent to an activating group) is 1. The molecule has 57 heavy (non-hydrogen) atoms. The number of imide groups is 1. The number of aromatic hydroxyl groups is 1. The zero-order chi connectivity index (χ0) is 39.4. The van der Waals surface area contributed by atoms with Crippen LogP contribution in [0.1, 0.15) is 86.7 Å². The van der Waals surface area contributed by atoms with Gasteiger partial charge in [0, 0.05) is 74.6 Å². The molecule has 0 saturated carbocycles. The van der Waals surface area contributed by atoms with E-state index in [4.69, 9.17) is 0 Å². The van der Waals surface area contributed by atoms with E-state index in [0.717, 1.165) is 112 Å². The lowest BCUT2D eigenvalue weighted by Gasteiger charge is -2.44. The van der Waals surface area contributed by atoms with Crippen molar-refractivity contribution in [3.8, 4) is 17.0 Å². The van der Waals surface area contributed by atoms with Gasteiger partial charge in [-0.3, -0.25) is 24.6 Å². The minimum absolute atomic E-state index is 0.0149. The standard InChI is InChI=1S/C44H57N9O4/c1-4-44-23-33(26-53(44)38-22-36(47-48-41(38)45-27-44)34-8-6-7-28(3)40(34)55)51(5-2)31-15-17-49(18-16-31)24-29-13-19-50(20-14-29)32-10-9-30-25-52(43(57)35(30)21-32)37-11-12-39(54)46-42(37)56/h6-10,21-22,29,31,33,37,55H,4-5,11-20,23-27H2,1-3H3,(H,45,48)(H,46,54,56)/t33-,37+,44-/m1/s1. The molecule has 3 atom stereocenters. The van der Waals surface area contributed by atoms with Gasteiger partial charge in [0.15, 0.2) is 5.82 Å². The van der Waals surface area contributed by atoms with E-state index in [-0.39, 0.29) is 35.4 Å². The predicted molar refractivity (Wildman–Crippen MR) is 220 cm³/mol. The zero-order valence-corrected chi connectivity index (χ0v) is 33.7. The highest BCUT2D eigenvalue weighted by molar-refractivity contribution is 6.05. The first-order valence-electron chi connectivity index (χ1n) is 21.3. The van der Waals surface area contributed by atoms with Gasteiger partial charge in [-0.25, -0.2) is 0 Å². The number of hydrogen-bond acceptors (Lipinski definition) is 11. The molecule has 6 aliphatic heterocycles. The number of fused-ring (bicyclic) bond motifs is 4. The van der Waals surface area contributed by atoms with Crippen molar-refractivity contribution >= 4 is 34.9 Å². The normalized spacial score (nSPS) is 25.8. The number of para-hydroxylation sites is 1. The number of anilines is 3. The molecule has 302 valence electrons. The van der Waals surface area contributed by atoms with Crippen LogP contribution in [0.4, 0.5) is 17.2 Å². The van der Waals surface area contributed by atoms with Crippen LogP contribution in [0.25, 0.3) is 11.3 Å². The zero-order valence-electron chi connectivity index (χ0n) is 33.7. The Hall–Kier alpha value is -4.75. The molecule has 3 amide bonds. The largest absolute Gasteiger partial charge is 0.507 e. The summed E-state index contributed by atoms with van der Waals surface area (Å²) < 4.78 is 0. The number of aryl methyl sites for hydroxylation is 1. The summed E-state index contributed by atoms with van der Waals surface area (Å²) in [5, 5.41) is 26.0. The van der Waals surface area contributed by atoms with Gasteiger partial charge in [0.1, 0.15) is 11.8 Å². The van der Waals surface area contributed by atoms with Gasteiger partial charge in [-0.05, 0) is 113 Å². The SMILES string of the molecule is CCN(C1CCN(CC2CCN(c3ccc4c(c3)C(=O)N([C@H]3CCC(=O)NC3=O)C4)CC2)CC1)[C@H]1CN2c3cc(-c4cccc(C)c4O)nnc3NC[C@@]2(CC)C1. The Morgan fingerprint density at radius 2 is 1.74 bits per heavy atom. The number of carbonyl (C=O) groups excluding carboxylic acids is 3. The molecule has 4 fully saturated rings. The molecule has 13 heteroatoms. The summed E-state index contributed by atoms with van der Waals surface area (Å²) in [6.45, 7) is 15.2. The molecule has 13 nitrogen and oxygen atoms in total. The van der Waals surface area contributed by atoms with Crippen LogP contribution in [0, 0.1) is 12.8 Å². The second-order valence-corrected chi connectivity index (χ2v) is 17.4. The Morgan fingerprint density at radius 3 is 2.49 bits per heavy atom. The number of phenols is 1. The van der Waals surface area contributed by atoms with Crippen LogP contribution in [-0.4, -0.2) is 124 Å². The van der Waals surface area contributed by atoms with Gasteiger partial charge < -0.3 is 30.0 Å². The van der Waals surface area contributed by atoms with Gasteiger partial charge in [-0.1, -0.05) is 32.0 Å². The van der Waals surface area contributed by atoms with Crippen LogP contribution in [-0.2, 0) is 16.1 Å². The van der Waals surface area contributed by atoms with E-state index in [1.807, 2.05) is 37.3 Å². The van der Waals surface area contributed by atoms with Crippen molar-refractivity contribution in [1.82, 2.24) is 30.2 Å². The highest BCUT2D eigenvalue weighted by Gasteiger charge is 2.50. The Kier molecular flexibility index (Phi) is 10.1. The third kappa shape index (κ3) is 6.90. The van der Waals surface area contributed by atoms with Crippen molar-refractivity contribution in [1.29, 1.82) is 0 Å². The van der Waals surface area contributed by atoms with Crippen LogP contribution in [0.2, 0.25) is 0 Å². The van der Waals surface area contributed by atoms with Crippen LogP contribution in [0.3, 0.4) is 0 Å². The molecule has 4 saturated heterocycles. The van der Waals surface area contributed by atoms with Crippen molar-refractivity contribution < 1.29 is 19.5 Å². The van der Waals surface area contributed by atoms with E-state index >= 15 is 0 Å². The van der Waals surface area contributed by atoms with E-state index in [9.17, 15) is 19.5 Å². The van der Waals surface area contributed by atoms with Crippen molar-refractivity contribution in [3.63, 3.8) is 0 Å². The van der Waals surface area contributed by atoms with E-state index in [1.165, 1.54) is 12.8 Å². The van der Waals surface area contributed by atoms with Crippen LogP contribution in [0.15, 0.2) is 42.5 Å². The minimum atomic E-state index is -0.585. The third-order valence-electron chi connectivity index (χ3n) is 14.3. The lowest BCUT2D eigenvalue weighted by Crippen LogP contribution is -2.52. The van der Waals surface area contributed by atoms with Crippen LogP contribution in [0.5, 0.6) is 5.75 Å². The predicted octanol–water partition coefficient (Wildman–Crippen LogP) is 4.77. The lowest BCUT2D eigenvalue weighted by atomic mass is 9.88. The molecule has 9 rings (SSSR count). The van der Waals surface area contributed by atoms with Gasteiger partial charge in [0.05, 0.1) is 16.9 Å². The number of likely N-dealkylation sites (tertiary alicyclic amines) is 1. The maximum atomic E-state index is 13.4. The molecule has 3 aromatic rings. The van der Waals surface area contributed by atoms with Gasteiger partial charge in [-0.15, -0.1) is 10.2 Å². The van der Waals surface area contributed by atoms with E-state index < -0.39 is 6.04 Å². The number of amides is 3. The molecule has 0 aliphatic carbocycles. The molecular formula is C44H57N9O4. The molecule has 0 unspecified atom stereocenters. The Morgan fingerprint density at radius 1 is 0.930 bits per heavy atom. The average Bonchev–Trinajstić information content (AvgIpc) is 3.78. The Labute approximate surface area is 335 Å². The number of rotatable bonds is 9. The summed E-state index contributed by atoms with van der Waals surface area (Å²) in [5.74, 6) is 1.02. The van der Waals surface area contributed by atoms with Crippen LogP contribution < -0.4 is 20.4 Å². The molecule has 2 aromatic carbocycles. The number of nitrogens with zero attached hydrogens (tertiary/aromatic N) is 7. The molecule has 0 spiro atoms. The fraction of sp³-hybridized carbons (Fsp3) is 0.568. The summed E-state index contributed by atoms with van der Waals surface area (Å²) in [4.78, 5) is 49.7. The minimum Gasteiger partial charge on any atom is -0.507 e. The topological polar surface area (TPSA) is 137 Å². The fourth-order valence-corrected chi connectivity index (χ4v) is 10.9. The third-order valence-corrected chi connectivity index (χ3v) is 14.3. The van der Waals surface area contributed by atoms with Gasteiger partial charge >= 0.3 is 0 Å². The van der Waals surface area contributed by atoms with E-state index in [2.05, 4.69) is 66.4 Å². The first-order valence-corrected chi connectivity index (χ1v) is 21.3. The van der Waals surface area contributed by atoms with Crippen LogP contribution >= 0.6 is 0 Å². The number of benzene rings is 2. The second kappa shape index (κ2) is 15.2. The first kappa shape index (κ1) is 37.8. The number of piperidine rings is 3. The monoisotopic (exact) mass is 775 g/mol. The average molecular weight is 776 g/mol. The smallest absolute Gasteiger partial charge is 0.255 e. The number of carbonyl (C=O) groups is 3. The number of phenolic OH excluding ortho intramolecular Hbond substituents is 1. The quantitative estimate of drug-likeness (QED) is 0.259. The number of hydrogen-bond donors (Lipinski definition) is 3. The van der Waals surface area contributed by atoms with Crippen molar-refractivity contribution in [3.05, 3.63) is 59.2 Å². The van der Waals surface area contributed by atoms with Gasteiger partial charge in [-0.2, -0.15) is 0 Å². The highest BCUT2D eigenvalue weighted by Crippen LogP contribution is 2.46.